The van der Waals surface area contributed by atoms with Crippen LogP contribution in [0.25, 0.3) is 20.3 Å². The highest BCUT2D eigenvalue weighted by molar-refractivity contribution is 9.10. The molecule has 30 heavy (non-hydrogen) atoms. The van der Waals surface area contributed by atoms with Gasteiger partial charge < -0.3 is 15.2 Å². The van der Waals surface area contributed by atoms with Crippen molar-refractivity contribution in [2.45, 2.75) is 58.1 Å². The fourth-order valence-corrected chi connectivity index (χ4v) is 5.77. The first-order valence-corrected chi connectivity index (χ1v) is 12.5. The van der Waals surface area contributed by atoms with Crippen molar-refractivity contribution >= 4 is 47.6 Å². The van der Waals surface area contributed by atoms with Crippen molar-refractivity contribution in [1.82, 2.24) is 9.55 Å². The summed E-state index contributed by atoms with van der Waals surface area (Å²) in [5, 5.41) is 14.0. The number of nitrogens with two attached hydrogens (primary N) is 1. The van der Waals surface area contributed by atoms with E-state index in [-0.39, 0.29) is 12.2 Å². The summed E-state index contributed by atoms with van der Waals surface area (Å²) in [6.07, 6.45) is 5.85. The van der Waals surface area contributed by atoms with Crippen LogP contribution in [0.1, 0.15) is 44.9 Å². The fraction of sp³-hybridized carbons (Fsp3) is 0.545. The van der Waals surface area contributed by atoms with Crippen molar-refractivity contribution < 1.29 is 15.2 Å². The first-order valence-electron chi connectivity index (χ1n) is 10.9. The number of aliphatic hydroxyl groups excluding tert-OH is 1. The van der Waals surface area contributed by atoms with Crippen molar-refractivity contribution in [3.8, 4) is 5.75 Å². The molecule has 0 saturated heterocycles. The summed E-state index contributed by atoms with van der Waals surface area (Å²) < 4.78 is 9.64. The van der Waals surface area contributed by atoms with Crippen LogP contribution < -0.4 is 15.6 Å². The van der Waals surface area contributed by atoms with E-state index in [1.54, 1.807) is 0 Å². The van der Waals surface area contributed by atoms with Crippen LogP contribution in [0.2, 0.25) is 0 Å². The lowest BCUT2D eigenvalue weighted by atomic mass is 10.2. The lowest BCUT2D eigenvalue weighted by Crippen LogP contribution is -2.86. The Kier molecular flexibility index (Phi) is 7.08. The third-order valence-corrected chi connectivity index (χ3v) is 7.37. The number of aryl methyl sites for hydroxylation is 1. The molecule has 1 aromatic carbocycles. The van der Waals surface area contributed by atoms with Gasteiger partial charge in [-0.2, -0.15) is 0 Å². The van der Waals surface area contributed by atoms with Gasteiger partial charge in [-0.1, -0.05) is 25.8 Å². The first-order chi connectivity index (χ1) is 14.6. The summed E-state index contributed by atoms with van der Waals surface area (Å²) in [5.41, 5.74) is 0.0574. The minimum atomic E-state index is -0.543. The highest BCUT2D eigenvalue weighted by Gasteiger charge is 2.21. The van der Waals surface area contributed by atoms with Crippen molar-refractivity contribution in [2.75, 3.05) is 19.7 Å². The van der Waals surface area contributed by atoms with E-state index >= 15 is 0 Å². The Morgan fingerprint density at radius 3 is 3.07 bits per heavy atom. The Hall–Kier alpha value is -1.48. The molecule has 1 atom stereocenters. The van der Waals surface area contributed by atoms with E-state index in [9.17, 15) is 9.90 Å². The summed E-state index contributed by atoms with van der Waals surface area (Å²) in [5.74, 6) is 1.58. The molecule has 3 N–H and O–H groups in total. The summed E-state index contributed by atoms with van der Waals surface area (Å²) >= 11 is 5.09. The first kappa shape index (κ1) is 21.7. The third kappa shape index (κ3) is 4.42. The van der Waals surface area contributed by atoms with E-state index < -0.39 is 6.10 Å². The molecule has 0 aliphatic carbocycles. The highest BCUT2D eigenvalue weighted by atomic mass is 79.9. The topological polar surface area (TPSA) is 81.0 Å². The summed E-state index contributed by atoms with van der Waals surface area (Å²) in [4.78, 5) is 18.9. The van der Waals surface area contributed by atoms with Crippen LogP contribution in [0, 0.1) is 0 Å². The number of benzene rings is 1. The lowest BCUT2D eigenvalue weighted by molar-refractivity contribution is -0.661. The standard InChI is InChI=1S/C22H28BrN3O3S/c1-2-3-10-24-12-14(27)13-29-19-16(23)9-8-15-18-21(30-20(15)19)25-17-7-5-4-6-11-26(17)22(18)28/h8-9,14,24,27H,2-7,10-13H2,1H3/p+1/t14-/m0/s1. The molecule has 6 nitrogen and oxygen atoms in total. The Balaban J connectivity index is 1.65. The summed E-state index contributed by atoms with van der Waals surface area (Å²) in [6, 6.07) is 3.88. The maximum absolute atomic E-state index is 13.3. The molecule has 0 spiro atoms. The molecule has 2 aromatic heterocycles. The molecule has 0 unspecified atom stereocenters. The van der Waals surface area contributed by atoms with Crippen LogP contribution in [0.5, 0.6) is 5.75 Å². The predicted octanol–water partition coefficient (Wildman–Crippen LogP) is 3.20. The average molecular weight is 495 g/mol. The number of hydrogen-bond acceptors (Lipinski definition) is 5. The van der Waals surface area contributed by atoms with Crippen molar-refractivity contribution in [3.05, 3.63) is 32.8 Å². The number of nitrogens with zero attached hydrogens (tertiary/aromatic N) is 2. The molecule has 8 heteroatoms. The number of aliphatic hydroxyl groups is 1. The molecular weight excluding hydrogens is 466 g/mol. The molecule has 1 aliphatic rings. The van der Waals surface area contributed by atoms with E-state index in [1.165, 1.54) is 11.3 Å². The minimum Gasteiger partial charge on any atom is -0.488 e. The predicted molar refractivity (Wildman–Crippen MR) is 125 cm³/mol. The number of ether oxygens (including phenoxy) is 1. The van der Waals surface area contributed by atoms with Gasteiger partial charge in [0.1, 0.15) is 29.9 Å². The molecule has 3 heterocycles. The van der Waals surface area contributed by atoms with Crippen LogP contribution in [0.15, 0.2) is 21.4 Å². The number of halogens is 1. The van der Waals surface area contributed by atoms with Crippen molar-refractivity contribution in [3.63, 3.8) is 0 Å². The number of hydrogen-bond donors (Lipinski definition) is 2. The Labute approximate surface area is 188 Å². The van der Waals surface area contributed by atoms with E-state index in [0.29, 0.717) is 17.7 Å². The second-order valence-corrected chi connectivity index (χ2v) is 9.82. The third-order valence-electron chi connectivity index (χ3n) is 5.65. The van der Waals surface area contributed by atoms with Gasteiger partial charge >= 0.3 is 0 Å². The van der Waals surface area contributed by atoms with Gasteiger partial charge in [-0.25, -0.2) is 4.98 Å². The molecule has 0 amide bonds. The van der Waals surface area contributed by atoms with Crippen molar-refractivity contribution in [2.24, 2.45) is 0 Å². The molecule has 1 aliphatic heterocycles. The van der Waals surface area contributed by atoms with Gasteiger partial charge in [-0.05, 0) is 41.3 Å². The van der Waals surface area contributed by atoms with E-state index in [0.717, 1.165) is 76.8 Å². The second-order valence-electron chi connectivity index (χ2n) is 7.96. The maximum Gasteiger partial charge on any atom is 0.262 e. The number of rotatable bonds is 8. The second kappa shape index (κ2) is 9.77. The number of aromatic nitrogens is 2. The van der Waals surface area contributed by atoms with E-state index in [2.05, 4.69) is 28.2 Å². The molecule has 0 saturated carbocycles. The molecule has 3 aromatic rings. The van der Waals surface area contributed by atoms with Crippen LogP contribution in [-0.2, 0) is 13.0 Å². The van der Waals surface area contributed by atoms with Crippen LogP contribution in [0.3, 0.4) is 0 Å². The zero-order valence-corrected chi connectivity index (χ0v) is 19.7. The van der Waals surface area contributed by atoms with Gasteiger partial charge in [0.05, 0.1) is 21.1 Å². The monoisotopic (exact) mass is 494 g/mol. The Morgan fingerprint density at radius 1 is 1.37 bits per heavy atom. The molecule has 162 valence electrons. The Bertz CT molecular complexity index is 1090. The number of quaternary nitrogens is 1. The molecule has 0 fully saturated rings. The zero-order chi connectivity index (χ0) is 21.1. The summed E-state index contributed by atoms with van der Waals surface area (Å²) in [6.45, 7) is 4.76. The normalized spacial score (nSPS) is 15.3. The van der Waals surface area contributed by atoms with Gasteiger partial charge in [-0.15, -0.1) is 11.3 Å². The van der Waals surface area contributed by atoms with Gasteiger partial charge in [0.15, 0.2) is 5.75 Å². The van der Waals surface area contributed by atoms with Crippen LogP contribution in [0.4, 0.5) is 0 Å². The SMILES string of the molecule is CCCC[NH2+]C[C@H](O)COc1c(Br)ccc2c1sc1nc3n(c(=O)c12)CCCCC3. The number of thiophene rings is 1. The molecular formula is C22H29BrN3O3S+. The zero-order valence-electron chi connectivity index (χ0n) is 17.3. The largest absolute Gasteiger partial charge is 0.488 e. The molecule has 0 radical (unpaired) electrons. The van der Waals surface area contributed by atoms with Gasteiger partial charge in [0.25, 0.3) is 5.56 Å². The molecule has 0 bridgehead atoms. The maximum atomic E-state index is 13.3. The smallest absolute Gasteiger partial charge is 0.262 e. The fourth-order valence-electron chi connectivity index (χ4n) is 4.01. The average Bonchev–Trinajstić information content (AvgIpc) is 2.93. The van der Waals surface area contributed by atoms with E-state index in [4.69, 9.17) is 9.72 Å². The lowest BCUT2D eigenvalue weighted by Gasteiger charge is -2.13. The van der Waals surface area contributed by atoms with Crippen LogP contribution >= 0.6 is 27.3 Å². The van der Waals surface area contributed by atoms with Gasteiger partial charge in [0.2, 0.25) is 0 Å². The Morgan fingerprint density at radius 2 is 2.23 bits per heavy atom. The molecule has 4 rings (SSSR count). The summed E-state index contributed by atoms with van der Waals surface area (Å²) in [7, 11) is 0. The van der Waals surface area contributed by atoms with Crippen molar-refractivity contribution in [1.29, 1.82) is 0 Å². The quantitative estimate of drug-likeness (QED) is 0.471. The minimum absolute atomic E-state index is 0.0574. The van der Waals surface area contributed by atoms with E-state index in [1.807, 2.05) is 16.7 Å². The van der Waals surface area contributed by atoms with Gasteiger partial charge in [0, 0.05) is 18.4 Å². The van der Waals surface area contributed by atoms with Gasteiger partial charge in [-0.3, -0.25) is 9.36 Å². The highest BCUT2D eigenvalue weighted by Crippen LogP contribution is 2.41. The number of fused-ring (bicyclic) bond motifs is 4. The van der Waals surface area contributed by atoms with Crippen LogP contribution in [-0.4, -0.2) is 40.5 Å². The number of unbranched alkanes of at least 4 members (excludes halogenated alkanes) is 1.